The molecule has 0 aliphatic carbocycles. The van der Waals surface area contributed by atoms with Gasteiger partial charge in [-0.05, 0) is 12.1 Å². The van der Waals surface area contributed by atoms with Crippen molar-refractivity contribution < 1.29 is 4.74 Å². The van der Waals surface area contributed by atoms with E-state index in [1.54, 1.807) is 25.3 Å². The Morgan fingerprint density at radius 2 is 1.60 bits per heavy atom. The molecule has 1 aromatic rings. The third-order valence-electron chi connectivity index (χ3n) is 1.19. The molecule has 0 unspecified atom stereocenters. The first-order valence-electron chi connectivity index (χ1n) is 2.92. The number of hydrogen-bond donors (Lipinski definition) is 0. The van der Waals surface area contributed by atoms with Gasteiger partial charge in [-0.25, -0.2) is 0 Å². The second-order valence-corrected chi connectivity index (χ2v) is 2.04. The van der Waals surface area contributed by atoms with E-state index in [2.05, 4.69) is 0 Å². The molecular formula is C7H6B2O. The van der Waals surface area contributed by atoms with Gasteiger partial charge in [0.2, 0.25) is 0 Å². The summed E-state index contributed by atoms with van der Waals surface area (Å²) in [4.78, 5) is 0. The van der Waals surface area contributed by atoms with Gasteiger partial charge in [-0.3, -0.25) is 0 Å². The molecule has 0 N–H and O–H groups in total. The predicted molar refractivity (Wildman–Crippen MR) is 43.8 cm³/mol. The van der Waals surface area contributed by atoms with E-state index in [9.17, 15) is 0 Å². The van der Waals surface area contributed by atoms with Crippen LogP contribution in [0.3, 0.4) is 0 Å². The molecule has 1 nitrogen and oxygen atoms in total. The highest BCUT2D eigenvalue weighted by molar-refractivity contribution is 6.38. The first-order valence-corrected chi connectivity index (χ1v) is 2.92. The summed E-state index contributed by atoms with van der Waals surface area (Å²) in [5, 5.41) is 0. The molecule has 0 saturated heterocycles. The fourth-order valence-corrected chi connectivity index (χ4v) is 0.764. The third kappa shape index (κ3) is 1.56. The van der Waals surface area contributed by atoms with Crippen LogP contribution in [0.15, 0.2) is 18.2 Å². The second-order valence-electron chi connectivity index (χ2n) is 2.04. The summed E-state index contributed by atoms with van der Waals surface area (Å²) in [6, 6.07) is 5.12. The van der Waals surface area contributed by atoms with E-state index in [1.807, 2.05) is 0 Å². The van der Waals surface area contributed by atoms with E-state index in [0.29, 0.717) is 16.7 Å². The summed E-state index contributed by atoms with van der Waals surface area (Å²) in [5.41, 5.74) is 1.24. The molecule has 0 spiro atoms. The SMILES string of the molecule is [B]c1cc([B])cc(OC)c1. The maximum Gasteiger partial charge on any atom is 0.117 e. The summed E-state index contributed by atoms with van der Waals surface area (Å²) in [7, 11) is 12.5. The fourth-order valence-electron chi connectivity index (χ4n) is 0.764. The molecular weight excluding hydrogens is 122 g/mol. The van der Waals surface area contributed by atoms with Gasteiger partial charge in [0.05, 0.1) is 7.11 Å². The lowest BCUT2D eigenvalue weighted by molar-refractivity contribution is 0.415. The molecule has 3 heteroatoms. The highest BCUT2D eigenvalue weighted by Crippen LogP contribution is 2.02. The Labute approximate surface area is 63.2 Å². The van der Waals surface area contributed by atoms with Gasteiger partial charge < -0.3 is 4.74 Å². The van der Waals surface area contributed by atoms with E-state index >= 15 is 0 Å². The first-order chi connectivity index (χ1) is 4.72. The van der Waals surface area contributed by atoms with Crippen LogP contribution in [0.4, 0.5) is 0 Å². The summed E-state index contributed by atoms with van der Waals surface area (Å²) in [6.45, 7) is 0. The van der Waals surface area contributed by atoms with Crippen molar-refractivity contribution in [2.24, 2.45) is 0 Å². The Morgan fingerprint density at radius 3 is 2.00 bits per heavy atom. The van der Waals surface area contributed by atoms with Crippen LogP contribution in [0, 0.1) is 0 Å². The van der Waals surface area contributed by atoms with Crippen LogP contribution in [0.2, 0.25) is 0 Å². The highest BCUT2D eigenvalue weighted by Gasteiger charge is 1.91. The van der Waals surface area contributed by atoms with Crippen molar-refractivity contribution in [1.82, 2.24) is 0 Å². The zero-order valence-corrected chi connectivity index (χ0v) is 5.79. The molecule has 46 valence electrons. The maximum absolute atomic E-state index is 5.48. The van der Waals surface area contributed by atoms with E-state index in [4.69, 9.17) is 20.4 Å². The zero-order chi connectivity index (χ0) is 7.56. The van der Waals surface area contributed by atoms with Gasteiger partial charge in [0.1, 0.15) is 21.4 Å². The molecule has 0 fully saturated rings. The molecule has 0 aromatic heterocycles. The molecule has 1 aromatic carbocycles. The highest BCUT2D eigenvalue weighted by atomic mass is 16.5. The minimum Gasteiger partial charge on any atom is -0.497 e. The Hall–Kier alpha value is -0.850. The Balaban J connectivity index is 3.06. The van der Waals surface area contributed by atoms with Crippen molar-refractivity contribution in [2.45, 2.75) is 0 Å². The second kappa shape index (κ2) is 2.82. The fraction of sp³-hybridized carbons (Fsp3) is 0.143. The monoisotopic (exact) mass is 128 g/mol. The lowest BCUT2D eigenvalue weighted by Gasteiger charge is -2.02. The normalized spacial score (nSPS) is 9.30. The molecule has 0 heterocycles. The van der Waals surface area contributed by atoms with E-state index in [0.717, 1.165) is 0 Å². The number of benzene rings is 1. The van der Waals surface area contributed by atoms with E-state index < -0.39 is 0 Å². The average molecular weight is 128 g/mol. The quantitative estimate of drug-likeness (QED) is 0.453. The van der Waals surface area contributed by atoms with Crippen molar-refractivity contribution in [3.63, 3.8) is 0 Å². The van der Waals surface area contributed by atoms with E-state index in [1.165, 1.54) is 0 Å². The summed E-state index contributed by atoms with van der Waals surface area (Å²) in [5.74, 6) is 0.692. The van der Waals surface area contributed by atoms with E-state index in [-0.39, 0.29) is 0 Å². The van der Waals surface area contributed by atoms with Gasteiger partial charge in [-0.15, -0.1) is 0 Å². The summed E-state index contributed by atoms with van der Waals surface area (Å²) >= 11 is 0. The number of ether oxygens (including phenoxy) is 1. The zero-order valence-electron chi connectivity index (χ0n) is 5.79. The molecule has 0 saturated carbocycles. The number of rotatable bonds is 1. The first kappa shape index (κ1) is 7.26. The van der Waals surface area contributed by atoms with Crippen LogP contribution in [0.5, 0.6) is 5.75 Å². The number of methoxy groups -OCH3 is 1. The van der Waals surface area contributed by atoms with Crippen molar-refractivity contribution >= 4 is 26.6 Å². The maximum atomic E-state index is 5.48. The molecule has 10 heavy (non-hydrogen) atoms. The standard InChI is InChI=1S/C7H6B2O/c1-10-7-3-5(8)2-6(9)4-7/h2-4H,1H3. The van der Waals surface area contributed by atoms with Crippen LogP contribution < -0.4 is 15.7 Å². The Kier molecular flexibility index (Phi) is 2.05. The van der Waals surface area contributed by atoms with Crippen molar-refractivity contribution in [3.8, 4) is 5.75 Å². The largest absolute Gasteiger partial charge is 0.497 e. The molecule has 0 amide bonds. The van der Waals surface area contributed by atoms with Crippen LogP contribution in [-0.2, 0) is 0 Å². The lowest BCUT2D eigenvalue weighted by atomic mass is 9.87. The molecule has 1 rings (SSSR count). The van der Waals surface area contributed by atoms with Gasteiger partial charge in [-0.2, -0.15) is 0 Å². The van der Waals surface area contributed by atoms with Gasteiger partial charge in [0.15, 0.2) is 0 Å². The summed E-state index contributed by atoms with van der Waals surface area (Å²) in [6.07, 6.45) is 0. The third-order valence-corrected chi connectivity index (χ3v) is 1.19. The van der Waals surface area contributed by atoms with Crippen molar-refractivity contribution in [3.05, 3.63) is 18.2 Å². The molecule has 0 aliphatic rings. The van der Waals surface area contributed by atoms with Crippen molar-refractivity contribution in [1.29, 1.82) is 0 Å². The summed E-state index contributed by atoms with van der Waals surface area (Å²) < 4.78 is 4.92. The van der Waals surface area contributed by atoms with Gasteiger partial charge in [-0.1, -0.05) is 17.0 Å². The lowest BCUT2D eigenvalue weighted by Crippen LogP contribution is -2.13. The predicted octanol–water partition coefficient (Wildman–Crippen LogP) is -0.717. The van der Waals surface area contributed by atoms with Gasteiger partial charge in [0, 0.05) is 0 Å². The smallest absolute Gasteiger partial charge is 0.117 e. The van der Waals surface area contributed by atoms with Crippen LogP contribution >= 0.6 is 0 Å². The minimum absolute atomic E-state index is 0.622. The average Bonchev–Trinajstić information content (AvgIpc) is 1.85. The molecule has 0 atom stereocenters. The van der Waals surface area contributed by atoms with Gasteiger partial charge >= 0.3 is 0 Å². The Morgan fingerprint density at radius 1 is 1.10 bits per heavy atom. The topological polar surface area (TPSA) is 9.23 Å². The molecule has 4 radical (unpaired) electrons. The number of hydrogen-bond acceptors (Lipinski definition) is 1. The Bertz CT molecular complexity index is 215. The molecule has 0 bridgehead atoms. The van der Waals surface area contributed by atoms with Crippen LogP contribution in [0.25, 0.3) is 0 Å². The van der Waals surface area contributed by atoms with Crippen molar-refractivity contribution in [2.75, 3.05) is 7.11 Å². The van der Waals surface area contributed by atoms with Crippen LogP contribution in [-0.4, -0.2) is 22.8 Å². The molecule has 0 aliphatic heterocycles. The van der Waals surface area contributed by atoms with Crippen LogP contribution in [0.1, 0.15) is 0 Å². The minimum atomic E-state index is 0.622. The van der Waals surface area contributed by atoms with Gasteiger partial charge in [0.25, 0.3) is 0 Å².